The number of carboxylic acids is 1. The van der Waals surface area contributed by atoms with Gasteiger partial charge >= 0.3 is 23.9 Å². The Morgan fingerprint density at radius 1 is 0.909 bits per heavy atom. The number of hydrogen-bond acceptors (Lipinski definition) is 8. The molecule has 126 valence electrons. The quantitative estimate of drug-likeness (QED) is 0.333. The van der Waals surface area contributed by atoms with Gasteiger partial charge in [0.25, 0.3) is 0 Å². The second kappa shape index (κ2) is 10.6. The summed E-state index contributed by atoms with van der Waals surface area (Å²) in [5.74, 6) is -4.43. The van der Waals surface area contributed by atoms with Crippen LogP contribution >= 0.6 is 0 Å². The van der Waals surface area contributed by atoms with Crippen LogP contribution in [0.25, 0.3) is 0 Å². The van der Waals surface area contributed by atoms with Crippen molar-refractivity contribution in [1.29, 1.82) is 0 Å². The molecule has 0 aliphatic carbocycles. The highest BCUT2D eigenvalue weighted by molar-refractivity contribution is 5.88. The molecular formula is C13H20O9. The summed E-state index contributed by atoms with van der Waals surface area (Å²) in [6, 6.07) is 0. The van der Waals surface area contributed by atoms with E-state index in [4.69, 9.17) is 14.6 Å². The van der Waals surface area contributed by atoms with Gasteiger partial charge in [0.15, 0.2) is 0 Å². The van der Waals surface area contributed by atoms with Crippen LogP contribution < -0.4 is 0 Å². The maximum absolute atomic E-state index is 11.9. The second-order valence-corrected chi connectivity index (χ2v) is 4.03. The van der Waals surface area contributed by atoms with Gasteiger partial charge in [-0.05, 0) is 0 Å². The fourth-order valence-electron chi connectivity index (χ4n) is 1.23. The zero-order valence-electron chi connectivity index (χ0n) is 12.7. The van der Waals surface area contributed by atoms with Gasteiger partial charge in [-0.25, -0.2) is 9.59 Å². The molecule has 0 heterocycles. The number of rotatable bonds is 10. The van der Waals surface area contributed by atoms with Crippen molar-refractivity contribution >= 4 is 23.9 Å². The molecule has 0 saturated heterocycles. The molecule has 0 aliphatic rings. The average Bonchev–Trinajstić information content (AvgIpc) is 2.49. The summed E-state index contributed by atoms with van der Waals surface area (Å²) in [5.41, 5.74) is 0. The molecule has 0 aromatic rings. The molecule has 0 bridgehead atoms. The first-order chi connectivity index (χ1) is 10.4. The van der Waals surface area contributed by atoms with Crippen LogP contribution in [0.1, 0.15) is 26.7 Å². The van der Waals surface area contributed by atoms with Gasteiger partial charge in [0.1, 0.15) is 6.61 Å². The molecule has 2 atom stereocenters. The van der Waals surface area contributed by atoms with Crippen molar-refractivity contribution in [2.45, 2.75) is 38.9 Å². The summed E-state index contributed by atoms with van der Waals surface area (Å²) in [6.45, 7) is 2.82. The molecular weight excluding hydrogens is 300 g/mol. The molecule has 0 amide bonds. The van der Waals surface area contributed by atoms with E-state index >= 15 is 0 Å². The minimum Gasteiger partial charge on any atom is -0.478 e. The third-order valence-corrected chi connectivity index (χ3v) is 2.38. The number of carboxylic acid groups (broad SMARTS) is 1. The number of aliphatic carboxylic acids is 1. The van der Waals surface area contributed by atoms with Crippen molar-refractivity contribution in [2.75, 3.05) is 20.3 Å². The Morgan fingerprint density at radius 3 is 1.82 bits per heavy atom. The van der Waals surface area contributed by atoms with E-state index in [1.807, 2.05) is 0 Å². The molecule has 0 aliphatic heterocycles. The summed E-state index contributed by atoms with van der Waals surface area (Å²) >= 11 is 0. The molecule has 0 aromatic heterocycles. The first-order valence-corrected chi connectivity index (χ1v) is 6.64. The third-order valence-electron chi connectivity index (χ3n) is 2.38. The Morgan fingerprint density at radius 2 is 1.41 bits per heavy atom. The normalized spacial score (nSPS) is 12.9. The van der Waals surface area contributed by atoms with Crippen LogP contribution in [0.3, 0.4) is 0 Å². The van der Waals surface area contributed by atoms with E-state index in [0.717, 1.165) is 0 Å². The van der Waals surface area contributed by atoms with Gasteiger partial charge in [-0.15, -0.1) is 0 Å². The lowest BCUT2D eigenvalue weighted by molar-refractivity contribution is -0.190. The topological polar surface area (TPSA) is 125 Å². The van der Waals surface area contributed by atoms with Crippen molar-refractivity contribution in [3.05, 3.63) is 0 Å². The van der Waals surface area contributed by atoms with Gasteiger partial charge in [0, 0.05) is 20.0 Å². The number of carbonyl (C=O) groups excluding carboxylic acids is 3. The number of hydrogen-bond donors (Lipinski definition) is 1. The maximum Gasteiger partial charge on any atom is 0.352 e. The first-order valence-electron chi connectivity index (χ1n) is 6.64. The van der Waals surface area contributed by atoms with E-state index in [9.17, 15) is 19.2 Å². The maximum atomic E-state index is 11.9. The summed E-state index contributed by atoms with van der Waals surface area (Å²) < 4.78 is 18.8. The monoisotopic (exact) mass is 320 g/mol. The van der Waals surface area contributed by atoms with Crippen LogP contribution in [0.15, 0.2) is 0 Å². The van der Waals surface area contributed by atoms with E-state index in [1.165, 1.54) is 21.0 Å². The average molecular weight is 320 g/mol. The van der Waals surface area contributed by atoms with Crippen LogP contribution in [-0.4, -0.2) is 61.5 Å². The number of carbonyl (C=O) groups is 4. The molecule has 22 heavy (non-hydrogen) atoms. The predicted octanol–water partition coefficient (Wildman–Crippen LogP) is -0.0958. The smallest absolute Gasteiger partial charge is 0.352 e. The standard InChI is InChI=1S/C13H20O9/c1-4-8(14)21-10(12(16)17)11(22-9(15)5-2)13(18)20-7-6-19-3/h10-11H,4-7H2,1-3H3,(H,16,17). The lowest BCUT2D eigenvalue weighted by Crippen LogP contribution is -2.46. The van der Waals surface area contributed by atoms with Gasteiger partial charge in [0.05, 0.1) is 6.61 Å². The Bertz CT molecular complexity index is 404. The summed E-state index contributed by atoms with van der Waals surface area (Å²) in [6.07, 6.45) is -4.04. The lowest BCUT2D eigenvalue weighted by atomic mass is 10.2. The molecule has 1 N–H and O–H groups in total. The van der Waals surface area contributed by atoms with Gasteiger partial charge < -0.3 is 24.1 Å². The molecule has 0 rings (SSSR count). The Kier molecular flexibility index (Phi) is 9.51. The fourth-order valence-corrected chi connectivity index (χ4v) is 1.23. The van der Waals surface area contributed by atoms with Gasteiger partial charge in [-0.3, -0.25) is 9.59 Å². The number of esters is 3. The zero-order valence-corrected chi connectivity index (χ0v) is 12.7. The molecule has 0 radical (unpaired) electrons. The van der Waals surface area contributed by atoms with Crippen molar-refractivity contribution in [1.82, 2.24) is 0 Å². The van der Waals surface area contributed by atoms with Crippen LogP contribution in [0.2, 0.25) is 0 Å². The van der Waals surface area contributed by atoms with Crippen molar-refractivity contribution < 1.29 is 43.2 Å². The van der Waals surface area contributed by atoms with Crippen molar-refractivity contribution in [3.8, 4) is 0 Å². The Balaban J connectivity index is 5.12. The molecule has 9 nitrogen and oxygen atoms in total. The molecule has 9 heteroatoms. The SMILES string of the molecule is CCC(=O)OC(C(=O)O)C(OC(=O)CC)C(=O)OCCOC. The Hall–Kier alpha value is -2.16. The van der Waals surface area contributed by atoms with Crippen LogP contribution in [0.4, 0.5) is 0 Å². The van der Waals surface area contributed by atoms with Crippen molar-refractivity contribution in [3.63, 3.8) is 0 Å². The van der Waals surface area contributed by atoms with E-state index in [-0.39, 0.29) is 26.1 Å². The van der Waals surface area contributed by atoms with E-state index < -0.39 is 36.1 Å². The molecule has 0 aromatic carbocycles. The molecule has 0 saturated carbocycles. The minimum atomic E-state index is -1.97. The highest BCUT2D eigenvalue weighted by atomic mass is 16.6. The number of methoxy groups -OCH3 is 1. The summed E-state index contributed by atoms with van der Waals surface area (Å²) in [7, 11) is 1.38. The van der Waals surface area contributed by atoms with Gasteiger partial charge in [-0.1, -0.05) is 13.8 Å². The molecule has 0 fully saturated rings. The zero-order chi connectivity index (χ0) is 17.1. The van der Waals surface area contributed by atoms with Gasteiger partial charge in [-0.2, -0.15) is 0 Å². The van der Waals surface area contributed by atoms with E-state index in [0.29, 0.717) is 0 Å². The molecule has 0 spiro atoms. The highest BCUT2D eigenvalue weighted by Gasteiger charge is 2.41. The predicted molar refractivity (Wildman–Crippen MR) is 70.8 cm³/mol. The van der Waals surface area contributed by atoms with E-state index in [1.54, 1.807) is 0 Å². The lowest BCUT2D eigenvalue weighted by Gasteiger charge is -2.22. The first kappa shape index (κ1) is 19.8. The van der Waals surface area contributed by atoms with Crippen LogP contribution in [0.5, 0.6) is 0 Å². The highest BCUT2D eigenvalue weighted by Crippen LogP contribution is 2.10. The second-order valence-electron chi connectivity index (χ2n) is 4.03. The molecule has 2 unspecified atom stereocenters. The summed E-state index contributed by atoms with van der Waals surface area (Å²) in [5, 5.41) is 9.09. The van der Waals surface area contributed by atoms with Crippen LogP contribution in [0, 0.1) is 0 Å². The summed E-state index contributed by atoms with van der Waals surface area (Å²) in [4.78, 5) is 45.7. The largest absolute Gasteiger partial charge is 0.478 e. The van der Waals surface area contributed by atoms with Crippen molar-refractivity contribution in [2.24, 2.45) is 0 Å². The van der Waals surface area contributed by atoms with E-state index in [2.05, 4.69) is 9.47 Å². The number of ether oxygens (including phenoxy) is 4. The third kappa shape index (κ3) is 7.02. The Labute approximate surface area is 127 Å². The minimum absolute atomic E-state index is 0.0761. The van der Waals surface area contributed by atoms with Crippen LogP contribution in [-0.2, 0) is 38.1 Å². The fraction of sp³-hybridized carbons (Fsp3) is 0.692. The van der Waals surface area contributed by atoms with Gasteiger partial charge in [0.2, 0.25) is 12.2 Å².